The van der Waals surface area contributed by atoms with E-state index in [2.05, 4.69) is 60.1 Å². The molecule has 140 valence electrons. The average molecular weight is 343 g/mol. The van der Waals surface area contributed by atoms with Crippen molar-refractivity contribution in [3.8, 4) is 0 Å². The lowest BCUT2D eigenvalue weighted by atomic mass is 10.0. The third-order valence-corrected chi connectivity index (χ3v) is 0. The fourth-order valence-corrected chi connectivity index (χ4v) is 0. The van der Waals surface area contributed by atoms with E-state index < -0.39 is 9.84 Å². The van der Waals surface area contributed by atoms with Crippen molar-refractivity contribution in [2.75, 3.05) is 26.7 Å². The van der Waals surface area contributed by atoms with Crippen molar-refractivity contribution in [2.45, 2.75) is 69.2 Å². The summed E-state index contributed by atoms with van der Waals surface area (Å²) in [6.45, 7) is 20.6. The number of ether oxygens (including phenoxy) is 1. The van der Waals surface area contributed by atoms with Crippen LogP contribution in [0.5, 0.6) is 0 Å². The highest BCUT2D eigenvalue weighted by atomic mass is 32.2. The number of sulfone groups is 1. The Labute approximate surface area is 141 Å². The first-order valence-corrected chi connectivity index (χ1v) is 9.47. The molecule has 0 rings (SSSR count). The molecule has 0 aliphatic heterocycles. The molecule has 22 heavy (non-hydrogen) atoms. The van der Waals surface area contributed by atoms with Gasteiger partial charge in [0.25, 0.3) is 0 Å². The Morgan fingerprint density at radius 1 is 0.727 bits per heavy atom. The summed E-state index contributed by atoms with van der Waals surface area (Å²) in [5, 5.41) is 0. The minimum Gasteiger partial charge on any atom is -0.388 e. The van der Waals surface area contributed by atoms with Crippen LogP contribution in [0.3, 0.4) is 0 Å². The highest BCUT2D eigenvalue weighted by Crippen LogP contribution is 2.08. The second-order valence-electron chi connectivity index (χ2n) is 8.46. The Morgan fingerprint density at radius 2 is 0.727 bits per heavy atom. The molecule has 0 amide bonds. The van der Waals surface area contributed by atoms with Crippen LogP contribution in [0.2, 0.25) is 0 Å². The van der Waals surface area contributed by atoms with Crippen LogP contribution in [0.4, 0.5) is 0 Å². The lowest BCUT2D eigenvalue weighted by Gasteiger charge is -2.05. The van der Waals surface area contributed by atoms with Crippen LogP contribution in [0, 0.1) is 10.8 Å². The molecule has 4 nitrogen and oxygen atoms in total. The molecule has 0 fully saturated rings. The second-order valence-corrected chi connectivity index (χ2v) is 10.7. The number of carbonyl (C=O) groups is 1. The molecule has 0 spiro atoms. The molecule has 0 aliphatic rings. The van der Waals surface area contributed by atoms with Crippen LogP contribution >= 0.6 is 0 Å². The highest BCUT2D eigenvalue weighted by molar-refractivity contribution is 7.89. The quantitative estimate of drug-likeness (QED) is 0.644. The van der Waals surface area contributed by atoms with Gasteiger partial charge in [0, 0.05) is 26.7 Å². The molecule has 0 aromatic rings. The Balaban J connectivity index is -0.0000000554. The molecule has 0 saturated carbocycles. The molecule has 0 aromatic heterocycles. The zero-order chi connectivity index (χ0) is 19.8. The predicted octanol–water partition coefficient (Wildman–Crippen LogP) is 4.62. The number of carbonyl (C=O) groups excluding carboxylic acids is 1. The Hall–Kier alpha value is -0.420. The number of rotatable bonds is 0. The van der Waals surface area contributed by atoms with E-state index in [1.807, 2.05) is 0 Å². The molecule has 5 heteroatoms. The fourth-order valence-electron chi connectivity index (χ4n) is 0. The summed E-state index contributed by atoms with van der Waals surface area (Å²) in [4.78, 5) is 9.44. The van der Waals surface area contributed by atoms with Gasteiger partial charge in [-0.25, -0.2) is 8.42 Å². The van der Waals surface area contributed by atoms with Crippen molar-refractivity contribution >= 4 is 15.6 Å². The molecule has 0 saturated heterocycles. The molecule has 0 radical (unpaired) electrons. The second kappa shape index (κ2) is 16.9. The summed E-state index contributed by atoms with van der Waals surface area (Å²) in [7, 11) is 0.583. The molecule has 0 aromatic carbocycles. The van der Waals surface area contributed by atoms with Crippen LogP contribution < -0.4 is 0 Å². The molecule has 0 aliphatic carbocycles. The summed E-state index contributed by atoms with van der Waals surface area (Å²) in [6.07, 6.45) is 2.32. The maximum absolute atomic E-state index is 9.63. The van der Waals surface area contributed by atoms with Gasteiger partial charge in [0.15, 0.2) is 0 Å². The van der Waals surface area contributed by atoms with E-state index in [4.69, 9.17) is 0 Å². The molecular formula is C17H42O4S. The van der Waals surface area contributed by atoms with E-state index in [-0.39, 0.29) is 5.78 Å². The van der Waals surface area contributed by atoms with Gasteiger partial charge >= 0.3 is 0 Å². The van der Waals surface area contributed by atoms with Crippen LogP contribution in [-0.2, 0) is 19.4 Å². The van der Waals surface area contributed by atoms with E-state index in [1.54, 1.807) is 14.2 Å². The minimum absolute atomic E-state index is 0.167. The minimum atomic E-state index is -2.67. The number of methoxy groups -OCH3 is 1. The van der Waals surface area contributed by atoms with Gasteiger partial charge in [0.1, 0.15) is 15.6 Å². The molecule has 0 atom stereocenters. The van der Waals surface area contributed by atoms with E-state index in [9.17, 15) is 13.2 Å². The van der Waals surface area contributed by atoms with Gasteiger partial charge in [-0.1, -0.05) is 55.4 Å². The highest BCUT2D eigenvalue weighted by Gasteiger charge is 1.96. The van der Waals surface area contributed by atoms with Gasteiger partial charge in [-0.15, -0.1) is 0 Å². The zero-order valence-corrected chi connectivity index (χ0v) is 18.4. The molecule has 0 bridgehead atoms. The summed E-state index contributed by atoms with van der Waals surface area (Å²) in [5.74, 6) is 0.167. The molecule has 0 unspecified atom stereocenters. The Morgan fingerprint density at radius 3 is 0.727 bits per heavy atom. The van der Waals surface area contributed by atoms with Crippen molar-refractivity contribution in [1.82, 2.24) is 0 Å². The van der Waals surface area contributed by atoms with Crippen LogP contribution in [0.25, 0.3) is 0 Å². The van der Waals surface area contributed by atoms with Gasteiger partial charge < -0.3 is 9.53 Å². The van der Waals surface area contributed by atoms with E-state index in [0.717, 1.165) is 12.5 Å². The number of Topliss-reactive ketones (excluding diaryl/α,β-unsaturated/α-hetero) is 1. The first-order chi connectivity index (χ1) is 9.15. The van der Waals surface area contributed by atoms with E-state index in [0.29, 0.717) is 10.8 Å². The van der Waals surface area contributed by atoms with Crippen molar-refractivity contribution in [1.29, 1.82) is 0 Å². The number of hydrogen-bond acceptors (Lipinski definition) is 4. The topological polar surface area (TPSA) is 60.4 Å². The Bertz CT molecular complexity index is 282. The van der Waals surface area contributed by atoms with Crippen LogP contribution in [0.15, 0.2) is 0 Å². The zero-order valence-electron chi connectivity index (χ0n) is 17.5. The first kappa shape index (κ1) is 33.2. The summed E-state index contributed by atoms with van der Waals surface area (Å²) in [5.41, 5.74) is 1.00. The lowest BCUT2D eigenvalue weighted by Crippen LogP contribution is -1.93. The van der Waals surface area contributed by atoms with Crippen LogP contribution in [-0.4, -0.2) is 40.9 Å². The van der Waals surface area contributed by atoms with Gasteiger partial charge in [-0.05, 0) is 24.7 Å². The van der Waals surface area contributed by atoms with Crippen LogP contribution in [0.1, 0.15) is 69.2 Å². The molecular weight excluding hydrogens is 300 g/mol. The maximum atomic E-state index is 9.63. The van der Waals surface area contributed by atoms with Crippen molar-refractivity contribution < 1.29 is 17.9 Å². The van der Waals surface area contributed by atoms with Gasteiger partial charge in [0.2, 0.25) is 0 Å². The van der Waals surface area contributed by atoms with Crippen molar-refractivity contribution in [3.63, 3.8) is 0 Å². The average Bonchev–Trinajstić information content (AvgIpc) is 1.89. The SMILES string of the molecule is CC(C)(C)C.CC(C)(C)C.CC(C)=O.COC.CS(C)(=O)=O. The normalized spacial score (nSPS) is 10.1. The standard InChI is InChI=1S/2C5H12.C3H6O.C2H6O2S.C2H6O/c2*1-5(2,3)4;1-3(2)4;1-5(2,3)4;1-3-2/h2*1-4H3;1-2H3;1-2H3;1-2H3. The lowest BCUT2D eigenvalue weighted by molar-refractivity contribution is -0.114. The largest absolute Gasteiger partial charge is 0.388 e. The van der Waals surface area contributed by atoms with E-state index in [1.165, 1.54) is 13.8 Å². The number of hydrogen-bond donors (Lipinski definition) is 0. The van der Waals surface area contributed by atoms with Gasteiger partial charge in [-0.3, -0.25) is 0 Å². The third-order valence-electron chi connectivity index (χ3n) is 0. The van der Waals surface area contributed by atoms with Gasteiger partial charge in [-0.2, -0.15) is 0 Å². The Kier molecular flexibility index (Phi) is 25.6. The summed E-state index contributed by atoms with van der Waals surface area (Å²) < 4.78 is 23.5. The molecule has 0 N–H and O–H groups in total. The van der Waals surface area contributed by atoms with Gasteiger partial charge in [0.05, 0.1) is 0 Å². The molecule has 0 heterocycles. The predicted molar refractivity (Wildman–Crippen MR) is 100 cm³/mol. The first-order valence-electron chi connectivity index (χ1n) is 7.17. The monoisotopic (exact) mass is 342 g/mol. The van der Waals surface area contributed by atoms with Crippen molar-refractivity contribution in [2.24, 2.45) is 10.8 Å². The summed E-state index contributed by atoms with van der Waals surface area (Å²) >= 11 is 0. The summed E-state index contributed by atoms with van der Waals surface area (Å²) in [6, 6.07) is 0. The smallest absolute Gasteiger partial charge is 0.144 e. The fraction of sp³-hybridized carbons (Fsp3) is 0.941. The maximum Gasteiger partial charge on any atom is 0.144 e. The van der Waals surface area contributed by atoms with Crippen molar-refractivity contribution in [3.05, 3.63) is 0 Å². The van der Waals surface area contributed by atoms with E-state index >= 15 is 0 Å². The number of ketones is 1. The third kappa shape index (κ3) is 38300.